The first kappa shape index (κ1) is 16.5. The summed E-state index contributed by atoms with van der Waals surface area (Å²) in [6.45, 7) is 2.24. The molecular weight excluding hydrogens is 314 g/mol. The van der Waals surface area contributed by atoms with E-state index in [2.05, 4.69) is 85.8 Å². The number of unbranched alkanes of at least 4 members (excludes halogenated alkanes) is 1. The Labute approximate surface area is 155 Å². The predicted molar refractivity (Wildman–Crippen MR) is 111 cm³/mol. The fourth-order valence-electron chi connectivity index (χ4n) is 3.45. The van der Waals surface area contributed by atoms with E-state index in [-0.39, 0.29) is 0 Å². The van der Waals surface area contributed by atoms with Crippen molar-refractivity contribution >= 4 is 10.9 Å². The van der Waals surface area contributed by atoms with E-state index in [0.717, 1.165) is 23.2 Å². The molecule has 1 heterocycles. The first-order valence-corrected chi connectivity index (χ1v) is 9.39. The Morgan fingerprint density at radius 2 is 1.50 bits per heavy atom. The lowest BCUT2D eigenvalue weighted by Gasteiger charge is -2.11. The number of fused-ring (bicyclic) bond motifs is 1. The van der Waals surface area contributed by atoms with Gasteiger partial charge in [0.05, 0.1) is 11.2 Å². The molecule has 4 aromatic rings. The summed E-state index contributed by atoms with van der Waals surface area (Å²) in [6.07, 6.45) is 3.59. The lowest BCUT2D eigenvalue weighted by atomic mass is 9.96. The van der Waals surface area contributed by atoms with E-state index >= 15 is 0 Å². The summed E-state index contributed by atoms with van der Waals surface area (Å²) in [7, 11) is 0. The molecule has 3 aromatic carbocycles. The minimum Gasteiger partial charge on any atom is -0.248 e. The molecule has 0 atom stereocenters. The fraction of sp³-hybridized carbons (Fsp3) is 0.160. The molecule has 0 fully saturated rings. The molecular formula is C25H23N. The van der Waals surface area contributed by atoms with Gasteiger partial charge in [0.1, 0.15) is 0 Å². The van der Waals surface area contributed by atoms with E-state index in [1.165, 1.54) is 34.9 Å². The average Bonchev–Trinajstić information content (AvgIpc) is 2.72. The summed E-state index contributed by atoms with van der Waals surface area (Å²) in [6, 6.07) is 30.1. The average molecular weight is 337 g/mol. The van der Waals surface area contributed by atoms with Crippen molar-refractivity contribution in [3.05, 3.63) is 90.5 Å². The van der Waals surface area contributed by atoms with Gasteiger partial charge in [-0.05, 0) is 41.7 Å². The van der Waals surface area contributed by atoms with Gasteiger partial charge >= 0.3 is 0 Å². The maximum absolute atomic E-state index is 4.90. The molecule has 0 N–H and O–H groups in total. The van der Waals surface area contributed by atoms with E-state index in [1.807, 2.05) is 6.07 Å². The molecule has 1 heteroatoms. The molecule has 128 valence electrons. The van der Waals surface area contributed by atoms with Crippen molar-refractivity contribution in [1.29, 1.82) is 0 Å². The zero-order valence-electron chi connectivity index (χ0n) is 15.2. The summed E-state index contributed by atoms with van der Waals surface area (Å²) >= 11 is 0. The Kier molecular flexibility index (Phi) is 4.79. The fourth-order valence-corrected chi connectivity index (χ4v) is 3.45. The minimum absolute atomic E-state index is 1.03. The van der Waals surface area contributed by atoms with Crippen molar-refractivity contribution < 1.29 is 0 Å². The van der Waals surface area contributed by atoms with Crippen molar-refractivity contribution in [1.82, 2.24) is 4.98 Å². The van der Waals surface area contributed by atoms with Crippen LogP contribution in [0.3, 0.4) is 0 Å². The molecule has 0 aliphatic carbocycles. The molecule has 0 spiro atoms. The number of benzene rings is 3. The zero-order chi connectivity index (χ0) is 17.8. The third-order valence-corrected chi connectivity index (χ3v) is 4.84. The second-order valence-electron chi connectivity index (χ2n) is 6.74. The molecule has 0 aliphatic rings. The summed E-state index contributed by atoms with van der Waals surface area (Å²) in [5.41, 5.74) is 7.16. The van der Waals surface area contributed by atoms with E-state index in [9.17, 15) is 0 Å². The Morgan fingerprint density at radius 3 is 2.35 bits per heavy atom. The lowest BCUT2D eigenvalue weighted by molar-refractivity contribution is 0.795. The maximum atomic E-state index is 4.90. The highest BCUT2D eigenvalue weighted by atomic mass is 14.7. The molecule has 1 nitrogen and oxygen atoms in total. The molecule has 0 aliphatic heterocycles. The summed E-state index contributed by atoms with van der Waals surface area (Å²) < 4.78 is 0. The van der Waals surface area contributed by atoms with E-state index in [0.29, 0.717) is 0 Å². The summed E-state index contributed by atoms with van der Waals surface area (Å²) in [4.78, 5) is 4.90. The van der Waals surface area contributed by atoms with Crippen LogP contribution in [0.1, 0.15) is 25.3 Å². The highest BCUT2D eigenvalue weighted by molar-refractivity contribution is 5.96. The van der Waals surface area contributed by atoms with Gasteiger partial charge in [-0.1, -0.05) is 86.1 Å². The standard InChI is InChI=1S/C25H23N/c1-2-3-10-19-11-9-14-21(17-19)23-18-25(20-12-5-4-6-13-20)26-24-16-8-7-15-22(23)24/h4-9,11-18H,2-3,10H2,1H3. The topological polar surface area (TPSA) is 12.9 Å². The summed E-state index contributed by atoms with van der Waals surface area (Å²) in [5, 5.41) is 1.21. The third-order valence-electron chi connectivity index (χ3n) is 4.84. The van der Waals surface area contributed by atoms with Gasteiger partial charge in [0.2, 0.25) is 0 Å². The largest absolute Gasteiger partial charge is 0.248 e. The summed E-state index contributed by atoms with van der Waals surface area (Å²) in [5.74, 6) is 0. The highest BCUT2D eigenvalue weighted by Gasteiger charge is 2.09. The van der Waals surface area contributed by atoms with Crippen LogP contribution in [-0.2, 0) is 6.42 Å². The van der Waals surface area contributed by atoms with Crippen LogP contribution in [0.2, 0.25) is 0 Å². The predicted octanol–water partition coefficient (Wildman–Crippen LogP) is 6.91. The van der Waals surface area contributed by atoms with Crippen molar-refractivity contribution in [3.8, 4) is 22.4 Å². The molecule has 0 amide bonds. The van der Waals surface area contributed by atoms with Crippen LogP contribution >= 0.6 is 0 Å². The SMILES string of the molecule is CCCCc1cccc(-c2cc(-c3ccccc3)nc3ccccc23)c1. The van der Waals surface area contributed by atoms with Crippen LogP contribution in [0.5, 0.6) is 0 Å². The van der Waals surface area contributed by atoms with Crippen LogP contribution in [0.4, 0.5) is 0 Å². The van der Waals surface area contributed by atoms with Gasteiger partial charge < -0.3 is 0 Å². The Hall–Kier alpha value is -2.93. The number of aryl methyl sites for hydroxylation is 1. The van der Waals surface area contributed by atoms with E-state index in [1.54, 1.807) is 0 Å². The van der Waals surface area contributed by atoms with Gasteiger partial charge in [-0.25, -0.2) is 4.98 Å². The molecule has 4 rings (SSSR count). The molecule has 0 radical (unpaired) electrons. The van der Waals surface area contributed by atoms with Crippen LogP contribution in [0, 0.1) is 0 Å². The Morgan fingerprint density at radius 1 is 0.731 bits per heavy atom. The quantitative estimate of drug-likeness (QED) is 0.385. The van der Waals surface area contributed by atoms with Gasteiger partial charge in [0, 0.05) is 10.9 Å². The molecule has 26 heavy (non-hydrogen) atoms. The monoisotopic (exact) mass is 337 g/mol. The number of nitrogens with zero attached hydrogens (tertiary/aromatic N) is 1. The van der Waals surface area contributed by atoms with Crippen LogP contribution in [0.25, 0.3) is 33.3 Å². The van der Waals surface area contributed by atoms with Crippen LogP contribution in [-0.4, -0.2) is 4.98 Å². The second-order valence-corrected chi connectivity index (χ2v) is 6.74. The lowest BCUT2D eigenvalue weighted by Crippen LogP contribution is -1.91. The highest BCUT2D eigenvalue weighted by Crippen LogP contribution is 2.32. The van der Waals surface area contributed by atoms with Gasteiger partial charge in [0.15, 0.2) is 0 Å². The Balaban J connectivity index is 1.88. The normalized spacial score (nSPS) is 11.0. The second kappa shape index (κ2) is 7.53. The van der Waals surface area contributed by atoms with Gasteiger partial charge in [-0.15, -0.1) is 0 Å². The number of hydrogen-bond acceptors (Lipinski definition) is 1. The number of pyridine rings is 1. The number of hydrogen-bond donors (Lipinski definition) is 0. The van der Waals surface area contributed by atoms with Gasteiger partial charge in [-0.2, -0.15) is 0 Å². The third kappa shape index (κ3) is 3.39. The van der Waals surface area contributed by atoms with Crippen LogP contribution in [0.15, 0.2) is 84.9 Å². The van der Waals surface area contributed by atoms with Crippen molar-refractivity contribution in [2.45, 2.75) is 26.2 Å². The molecule has 0 bridgehead atoms. The maximum Gasteiger partial charge on any atom is 0.0715 e. The smallest absolute Gasteiger partial charge is 0.0715 e. The molecule has 0 unspecified atom stereocenters. The number of para-hydroxylation sites is 1. The zero-order valence-corrected chi connectivity index (χ0v) is 15.2. The number of aromatic nitrogens is 1. The first-order valence-electron chi connectivity index (χ1n) is 9.39. The minimum atomic E-state index is 1.03. The Bertz CT molecular complexity index is 1020. The van der Waals surface area contributed by atoms with E-state index in [4.69, 9.17) is 4.98 Å². The molecule has 0 saturated carbocycles. The van der Waals surface area contributed by atoms with Gasteiger partial charge in [0.25, 0.3) is 0 Å². The van der Waals surface area contributed by atoms with Gasteiger partial charge in [-0.3, -0.25) is 0 Å². The van der Waals surface area contributed by atoms with Crippen LogP contribution < -0.4 is 0 Å². The van der Waals surface area contributed by atoms with E-state index < -0.39 is 0 Å². The molecule has 0 saturated heterocycles. The van der Waals surface area contributed by atoms with Crippen molar-refractivity contribution in [2.24, 2.45) is 0 Å². The molecule has 1 aromatic heterocycles. The van der Waals surface area contributed by atoms with Crippen molar-refractivity contribution in [2.75, 3.05) is 0 Å². The van der Waals surface area contributed by atoms with Crippen molar-refractivity contribution in [3.63, 3.8) is 0 Å². The number of rotatable bonds is 5. The first-order chi connectivity index (χ1) is 12.8.